The highest BCUT2D eigenvalue weighted by molar-refractivity contribution is 5.79. The Morgan fingerprint density at radius 3 is 2.80 bits per heavy atom. The number of amides is 1. The molecule has 1 aliphatic rings. The van der Waals surface area contributed by atoms with Gasteiger partial charge in [-0.25, -0.2) is 8.78 Å². The lowest BCUT2D eigenvalue weighted by atomic mass is 9.83. The fourth-order valence-electron chi connectivity index (χ4n) is 2.30. The monoisotopic (exact) mass is 284 g/mol. The van der Waals surface area contributed by atoms with Crippen LogP contribution in [0, 0.1) is 11.6 Å². The van der Waals surface area contributed by atoms with Crippen LogP contribution < -0.4 is 11.1 Å². The summed E-state index contributed by atoms with van der Waals surface area (Å²) in [5.41, 5.74) is 6.24. The van der Waals surface area contributed by atoms with Crippen LogP contribution in [0.2, 0.25) is 0 Å². The summed E-state index contributed by atoms with van der Waals surface area (Å²) in [6.07, 6.45) is 0.632. The van der Waals surface area contributed by atoms with E-state index >= 15 is 0 Å². The maximum atomic E-state index is 13.0. The van der Waals surface area contributed by atoms with Crippen molar-refractivity contribution < 1.29 is 18.3 Å². The molecule has 0 spiro atoms. The molecule has 20 heavy (non-hydrogen) atoms. The van der Waals surface area contributed by atoms with E-state index in [0.29, 0.717) is 18.6 Å². The van der Waals surface area contributed by atoms with E-state index in [2.05, 4.69) is 5.32 Å². The Bertz CT molecular complexity index is 494. The summed E-state index contributed by atoms with van der Waals surface area (Å²) in [5.74, 6) is -2.16. The molecule has 0 aliphatic heterocycles. The molecule has 0 aromatic heterocycles. The van der Waals surface area contributed by atoms with Gasteiger partial charge in [0.2, 0.25) is 5.91 Å². The Labute approximate surface area is 116 Å². The molecule has 1 aromatic rings. The van der Waals surface area contributed by atoms with Gasteiger partial charge >= 0.3 is 0 Å². The number of rotatable bonds is 5. The van der Waals surface area contributed by atoms with E-state index in [4.69, 9.17) is 10.5 Å². The molecule has 0 saturated heterocycles. The lowest BCUT2D eigenvalue weighted by Crippen LogP contribution is -2.64. The van der Waals surface area contributed by atoms with Crippen LogP contribution in [-0.4, -0.2) is 30.7 Å². The molecule has 0 heterocycles. The standard InChI is InChI=1S/C14H18F2N2O2/c1-2-20-12-7-11(17)14(12)18-13(19)6-8-3-4-9(15)10(16)5-8/h3-5,11-12,14H,2,6-7,17H2,1H3,(H,18,19). The Hall–Kier alpha value is -1.53. The van der Waals surface area contributed by atoms with Gasteiger partial charge in [-0.05, 0) is 31.0 Å². The lowest BCUT2D eigenvalue weighted by Gasteiger charge is -2.42. The number of benzene rings is 1. The van der Waals surface area contributed by atoms with Crippen molar-refractivity contribution in [1.82, 2.24) is 5.32 Å². The van der Waals surface area contributed by atoms with Crippen LogP contribution in [-0.2, 0) is 16.0 Å². The van der Waals surface area contributed by atoms with Crippen LogP contribution >= 0.6 is 0 Å². The predicted octanol–water partition coefficient (Wildman–Crippen LogP) is 1.13. The first-order valence-electron chi connectivity index (χ1n) is 6.61. The molecule has 3 unspecified atom stereocenters. The zero-order valence-corrected chi connectivity index (χ0v) is 11.2. The molecule has 2 rings (SSSR count). The molecule has 0 radical (unpaired) electrons. The van der Waals surface area contributed by atoms with Crippen molar-refractivity contribution in [3.63, 3.8) is 0 Å². The number of ether oxygens (including phenoxy) is 1. The predicted molar refractivity (Wildman–Crippen MR) is 70.0 cm³/mol. The zero-order chi connectivity index (χ0) is 14.7. The normalized spacial score (nSPS) is 25.1. The molecule has 1 amide bonds. The smallest absolute Gasteiger partial charge is 0.224 e. The van der Waals surface area contributed by atoms with Gasteiger partial charge in [0.25, 0.3) is 0 Å². The van der Waals surface area contributed by atoms with E-state index < -0.39 is 11.6 Å². The van der Waals surface area contributed by atoms with Gasteiger partial charge in [0, 0.05) is 12.6 Å². The van der Waals surface area contributed by atoms with E-state index in [1.54, 1.807) is 0 Å². The van der Waals surface area contributed by atoms with Crippen LogP contribution in [0.1, 0.15) is 18.9 Å². The Balaban J connectivity index is 1.90. The lowest BCUT2D eigenvalue weighted by molar-refractivity contribution is -0.125. The third-order valence-corrected chi connectivity index (χ3v) is 3.42. The SMILES string of the molecule is CCOC1CC(N)C1NC(=O)Cc1ccc(F)c(F)c1. The molecule has 1 fully saturated rings. The summed E-state index contributed by atoms with van der Waals surface area (Å²) in [7, 11) is 0. The number of nitrogens with one attached hydrogen (secondary N) is 1. The average molecular weight is 284 g/mol. The van der Waals surface area contributed by atoms with E-state index in [9.17, 15) is 13.6 Å². The van der Waals surface area contributed by atoms with Crippen LogP contribution in [0.4, 0.5) is 8.78 Å². The third-order valence-electron chi connectivity index (χ3n) is 3.42. The molecule has 1 aromatic carbocycles. The number of halogens is 2. The molecule has 1 saturated carbocycles. The summed E-state index contributed by atoms with van der Waals surface area (Å²) in [4.78, 5) is 11.9. The zero-order valence-electron chi connectivity index (χ0n) is 11.2. The molecule has 3 atom stereocenters. The fourth-order valence-corrected chi connectivity index (χ4v) is 2.30. The first-order valence-corrected chi connectivity index (χ1v) is 6.61. The number of carbonyl (C=O) groups excluding carboxylic acids is 1. The largest absolute Gasteiger partial charge is 0.376 e. The Morgan fingerprint density at radius 2 is 2.20 bits per heavy atom. The van der Waals surface area contributed by atoms with Gasteiger partial charge in [-0.15, -0.1) is 0 Å². The molecule has 3 N–H and O–H groups in total. The average Bonchev–Trinajstić information content (AvgIpc) is 2.40. The highest BCUT2D eigenvalue weighted by atomic mass is 19.2. The molecule has 110 valence electrons. The van der Waals surface area contributed by atoms with Crippen molar-refractivity contribution in [3.05, 3.63) is 35.4 Å². The van der Waals surface area contributed by atoms with Gasteiger partial charge in [-0.2, -0.15) is 0 Å². The van der Waals surface area contributed by atoms with E-state index in [-0.39, 0.29) is 30.5 Å². The van der Waals surface area contributed by atoms with Crippen molar-refractivity contribution in [3.8, 4) is 0 Å². The minimum atomic E-state index is -0.956. The van der Waals surface area contributed by atoms with Crippen molar-refractivity contribution in [1.29, 1.82) is 0 Å². The second-order valence-electron chi connectivity index (χ2n) is 4.91. The quantitative estimate of drug-likeness (QED) is 0.852. The van der Waals surface area contributed by atoms with E-state index in [0.717, 1.165) is 12.1 Å². The minimum Gasteiger partial charge on any atom is -0.376 e. The van der Waals surface area contributed by atoms with Gasteiger partial charge in [0.1, 0.15) is 0 Å². The maximum Gasteiger partial charge on any atom is 0.224 e. The fraction of sp³-hybridized carbons (Fsp3) is 0.500. The molecular weight excluding hydrogens is 266 g/mol. The number of hydrogen-bond acceptors (Lipinski definition) is 3. The maximum absolute atomic E-state index is 13.0. The molecule has 0 bridgehead atoms. The highest BCUT2D eigenvalue weighted by Crippen LogP contribution is 2.22. The van der Waals surface area contributed by atoms with Gasteiger partial charge in [-0.3, -0.25) is 4.79 Å². The van der Waals surface area contributed by atoms with Crippen LogP contribution in [0.5, 0.6) is 0 Å². The summed E-state index contributed by atoms with van der Waals surface area (Å²) >= 11 is 0. The summed E-state index contributed by atoms with van der Waals surface area (Å²) in [6.45, 7) is 2.44. The second-order valence-corrected chi connectivity index (χ2v) is 4.91. The highest BCUT2D eigenvalue weighted by Gasteiger charge is 2.40. The molecular formula is C14H18F2N2O2. The van der Waals surface area contributed by atoms with Crippen LogP contribution in [0.25, 0.3) is 0 Å². The summed E-state index contributed by atoms with van der Waals surface area (Å²) in [5, 5.41) is 2.78. The summed E-state index contributed by atoms with van der Waals surface area (Å²) in [6, 6.07) is 3.08. The third kappa shape index (κ3) is 3.32. The van der Waals surface area contributed by atoms with Crippen LogP contribution in [0.3, 0.4) is 0 Å². The Morgan fingerprint density at radius 1 is 1.45 bits per heavy atom. The van der Waals surface area contributed by atoms with Crippen molar-refractivity contribution >= 4 is 5.91 Å². The van der Waals surface area contributed by atoms with E-state index in [1.807, 2.05) is 6.92 Å². The Kier molecular flexibility index (Phi) is 4.67. The first-order chi connectivity index (χ1) is 9.51. The van der Waals surface area contributed by atoms with Gasteiger partial charge < -0.3 is 15.8 Å². The second kappa shape index (κ2) is 6.28. The van der Waals surface area contributed by atoms with Crippen molar-refractivity contribution in [2.24, 2.45) is 5.73 Å². The first kappa shape index (κ1) is 14.9. The number of carbonyl (C=O) groups is 1. The number of hydrogen-bond donors (Lipinski definition) is 2. The van der Waals surface area contributed by atoms with Crippen molar-refractivity contribution in [2.75, 3.05) is 6.61 Å². The van der Waals surface area contributed by atoms with Gasteiger partial charge in [0.05, 0.1) is 18.6 Å². The molecule has 1 aliphatic carbocycles. The molecule has 6 heteroatoms. The minimum absolute atomic E-state index is 0.0146. The molecule has 4 nitrogen and oxygen atoms in total. The topological polar surface area (TPSA) is 64.3 Å². The van der Waals surface area contributed by atoms with E-state index in [1.165, 1.54) is 6.07 Å². The van der Waals surface area contributed by atoms with Crippen LogP contribution in [0.15, 0.2) is 18.2 Å². The number of nitrogens with two attached hydrogens (primary N) is 1. The van der Waals surface area contributed by atoms with Gasteiger partial charge in [-0.1, -0.05) is 6.07 Å². The summed E-state index contributed by atoms with van der Waals surface area (Å²) < 4.78 is 31.3. The van der Waals surface area contributed by atoms with Gasteiger partial charge in [0.15, 0.2) is 11.6 Å². The van der Waals surface area contributed by atoms with Crippen molar-refractivity contribution in [2.45, 2.75) is 38.0 Å².